The first kappa shape index (κ1) is 22.4. The van der Waals surface area contributed by atoms with Gasteiger partial charge in [0.2, 0.25) is 0 Å². The van der Waals surface area contributed by atoms with Gasteiger partial charge in [0, 0.05) is 11.1 Å². The Bertz CT molecular complexity index is 1040. The molecule has 0 radical (unpaired) electrons. The van der Waals surface area contributed by atoms with Gasteiger partial charge >= 0.3 is 11.9 Å². The van der Waals surface area contributed by atoms with Gasteiger partial charge in [-0.15, -0.1) is 24.7 Å². The lowest BCUT2D eigenvalue weighted by Crippen LogP contribution is -2.17. The summed E-state index contributed by atoms with van der Waals surface area (Å²) in [5.41, 5.74) is 2.14. The van der Waals surface area contributed by atoms with Crippen molar-refractivity contribution in [2.75, 3.05) is 0 Å². The molecule has 3 aromatic rings. The fourth-order valence-corrected chi connectivity index (χ4v) is 3.28. The second-order valence-corrected chi connectivity index (χ2v) is 6.97. The second kappa shape index (κ2) is 11.2. The second-order valence-electron chi connectivity index (χ2n) is 6.97. The number of ether oxygens (including phenoxy) is 2. The molecule has 0 fully saturated rings. The molecule has 158 valence electrons. The molecule has 4 nitrogen and oxygen atoms in total. The Morgan fingerprint density at radius 2 is 0.969 bits per heavy atom. The smallest absolute Gasteiger partial charge is 0.338 e. The zero-order valence-electron chi connectivity index (χ0n) is 17.4. The van der Waals surface area contributed by atoms with E-state index >= 15 is 0 Å². The lowest BCUT2D eigenvalue weighted by Gasteiger charge is -2.24. The molecule has 0 N–H and O–H groups in total. The quantitative estimate of drug-likeness (QED) is 0.354. The summed E-state index contributed by atoms with van der Waals surface area (Å²) in [6.45, 7) is 0. The summed E-state index contributed by atoms with van der Waals surface area (Å²) in [5.74, 6) is 4.14. The highest BCUT2D eigenvalue weighted by molar-refractivity contribution is 5.90. The maximum Gasteiger partial charge on any atom is 0.338 e. The van der Waals surface area contributed by atoms with Crippen LogP contribution in [0.1, 0.15) is 56.9 Å². The van der Waals surface area contributed by atoms with E-state index in [1.807, 2.05) is 24.3 Å². The molecule has 0 amide bonds. The van der Waals surface area contributed by atoms with Crippen molar-refractivity contribution in [1.82, 2.24) is 0 Å². The molecule has 4 heteroatoms. The summed E-state index contributed by atoms with van der Waals surface area (Å²) in [6, 6.07) is 24.6. The number of hydrogen-bond acceptors (Lipinski definition) is 4. The minimum absolute atomic E-state index is 0.158. The van der Waals surface area contributed by atoms with Gasteiger partial charge in [-0.3, -0.25) is 0 Å². The standard InChI is InChI=1S/C28H22O4/c1-3-13-25(31-27(29)21-15-7-5-8-16-21)23-19-11-12-20-24(23)26(14-4-2)32-28(30)22-17-9-6-10-18-22/h1-2,5-12,15-20,25-26H,13-14H2/t25-,26-/m0/s1. The van der Waals surface area contributed by atoms with Crippen LogP contribution in [0.4, 0.5) is 0 Å². The number of hydrogen-bond donors (Lipinski definition) is 0. The average Bonchev–Trinajstić information content (AvgIpc) is 2.84. The molecule has 0 spiro atoms. The Morgan fingerprint density at radius 1 is 0.625 bits per heavy atom. The van der Waals surface area contributed by atoms with E-state index < -0.39 is 24.1 Å². The van der Waals surface area contributed by atoms with Crippen LogP contribution in [0.2, 0.25) is 0 Å². The van der Waals surface area contributed by atoms with Gasteiger partial charge in [-0.2, -0.15) is 0 Å². The van der Waals surface area contributed by atoms with Crippen LogP contribution in [-0.4, -0.2) is 11.9 Å². The van der Waals surface area contributed by atoms with E-state index in [0.29, 0.717) is 22.3 Å². The first-order chi connectivity index (χ1) is 15.6. The van der Waals surface area contributed by atoms with Crippen LogP contribution in [0.5, 0.6) is 0 Å². The third kappa shape index (κ3) is 5.65. The molecule has 0 saturated heterocycles. The van der Waals surface area contributed by atoms with Crippen molar-refractivity contribution in [3.8, 4) is 24.7 Å². The van der Waals surface area contributed by atoms with Gasteiger partial charge in [-0.1, -0.05) is 60.7 Å². The predicted molar refractivity (Wildman–Crippen MR) is 123 cm³/mol. The highest BCUT2D eigenvalue weighted by atomic mass is 16.5. The Hall–Kier alpha value is -4.28. The molecule has 3 aromatic carbocycles. The van der Waals surface area contributed by atoms with Crippen molar-refractivity contribution in [3.63, 3.8) is 0 Å². The number of esters is 2. The molecule has 0 aliphatic rings. The zero-order chi connectivity index (χ0) is 22.8. The van der Waals surface area contributed by atoms with Crippen LogP contribution in [0, 0.1) is 24.7 Å². The molecule has 2 atom stereocenters. The number of carbonyl (C=O) groups is 2. The maximum atomic E-state index is 12.7. The van der Waals surface area contributed by atoms with Crippen molar-refractivity contribution < 1.29 is 19.1 Å². The van der Waals surface area contributed by atoms with E-state index in [9.17, 15) is 9.59 Å². The van der Waals surface area contributed by atoms with Crippen LogP contribution < -0.4 is 0 Å². The van der Waals surface area contributed by atoms with E-state index in [0.717, 1.165) is 0 Å². The van der Waals surface area contributed by atoms with Gasteiger partial charge in [-0.05, 0) is 24.3 Å². The van der Waals surface area contributed by atoms with Gasteiger partial charge in [0.1, 0.15) is 12.2 Å². The van der Waals surface area contributed by atoms with Crippen molar-refractivity contribution in [1.29, 1.82) is 0 Å². The number of benzene rings is 3. The highest BCUT2D eigenvalue weighted by Crippen LogP contribution is 2.33. The molecule has 3 rings (SSSR count). The van der Waals surface area contributed by atoms with E-state index in [4.69, 9.17) is 22.3 Å². The van der Waals surface area contributed by atoms with Crippen LogP contribution in [0.25, 0.3) is 0 Å². The molecule has 0 heterocycles. The summed E-state index contributed by atoms with van der Waals surface area (Å²) >= 11 is 0. The van der Waals surface area contributed by atoms with Crippen molar-refractivity contribution >= 4 is 11.9 Å². The van der Waals surface area contributed by atoms with E-state index in [2.05, 4.69) is 11.8 Å². The van der Waals surface area contributed by atoms with Crippen LogP contribution in [0.15, 0.2) is 84.9 Å². The van der Waals surface area contributed by atoms with Crippen LogP contribution in [-0.2, 0) is 9.47 Å². The topological polar surface area (TPSA) is 52.6 Å². The SMILES string of the molecule is C#CC[C@H](OC(=O)c1ccccc1)c1ccccc1[C@H](CC#C)OC(=O)c1ccccc1. The zero-order valence-corrected chi connectivity index (χ0v) is 17.4. The third-order valence-corrected chi connectivity index (χ3v) is 4.81. The van der Waals surface area contributed by atoms with Gasteiger partial charge in [-0.25, -0.2) is 9.59 Å². The average molecular weight is 422 g/mol. The Balaban J connectivity index is 1.91. The Morgan fingerprint density at radius 3 is 1.31 bits per heavy atom. The van der Waals surface area contributed by atoms with E-state index in [-0.39, 0.29) is 12.8 Å². The first-order valence-electron chi connectivity index (χ1n) is 10.1. The van der Waals surface area contributed by atoms with Gasteiger partial charge in [0.25, 0.3) is 0 Å². The summed E-state index contributed by atoms with van der Waals surface area (Å²) in [7, 11) is 0. The Kier molecular flexibility index (Phi) is 7.84. The molecule has 0 aliphatic carbocycles. The predicted octanol–water partition coefficient (Wildman–Crippen LogP) is 5.53. The third-order valence-electron chi connectivity index (χ3n) is 4.81. The van der Waals surface area contributed by atoms with Gasteiger partial charge in [0.05, 0.1) is 24.0 Å². The Labute approximate surface area is 188 Å². The van der Waals surface area contributed by atoms with Gasteiger partial charge < -0.3 is 9.47 Å². The largest absolute Gasteiger partial charge is 0.453 e. The van der Waals surface area contributed by atoms with Crippen molar-refractivity contribution in [2.45, 2.75) is 25.0 Å². The van der Waals surface area contributed by atoms with Crippen molar-refractivity contribution in [2.24, 2.45) is 0 Å². The lowest BCUT2D eigenvalue weighted by atomic mass is 9.95. The summed E-state index contributed by atoms with van der Waals surface area (Å²) in [6.07, 6.45) is 10.00. The molecular weight excluding hydrogens is 400 g/mol. The molecule has 32 heavy (non-hydrogen) atoms. The number of terminal acetylenes is 2. The molecule has 0 bridgehead atoms. The van der Waals surface area contributed by atoms with Crippen molar-refractivity contribution in [3.05, 3.63) is 107 Å². The number of carbonyl (C=O) groups excluding carboxylic acids is 2. The molecular formula is C28H22O4. The van der Waals surface area contributed by atoms with Crippen LogP contribution >= 0.6 is 0 Å². The first-order valence-corrected chi connectivity index (χ1v) is 10.1. The monoisotopic (exact) mass is 422 g/mol. The van der Waals surface area contributed by atoms with Gasteiger partial charge in [0.15, 0.2) is 0 Å². The molecule has 0 aromatic heterocycles. The molecule has 0 saturated carbocycles. The highest BCUT2D eigenvalue weighted by Gasteiger charge is 2.26. The van der Waals surface area contributed by atoms with E-state index in [1.165, 1.54) is 0 Å². The summed E-state index contributed by atoms with van der Waals surface area (Å²) < 4.78 is 11.5. The fraction of sp³-hybridized carbons (Fsp3) is 0.143. The van der Waals surface area contributed by atoms with E-state index in [1.54, 1.807) is 60.7 Å². The molecule has 0 aliphatic heterocycles. The number of rotatable bonds is 8. The lowest BCUT2D eigenvalue weighted by molar-refractivity contribution is 0.0243. The maximum absolute atomic E-state index is 12.7. The fourth-order valence-electron chi connectivity index (χ4n) is 3.28. The van der Waals surface area contributed by atoms with Crippen LogP contribution in [0.3, 0.4) is 0 Å². The minimum atomic E-state index is -0.723. The summed E-state index contributed by atoms with van der Waals surface area (Å²) in [4.78, 5) is 25.3. The molecule has 0 unspecified atom stereocenters. The minimum Gasteiger partial charge on any atom is -0.453 e. The summed E-state index contributed by atoms with van der Waals surface area (Å²) in [5, 5.41) is 0. The normalized spacial score (nSPS) is 11.9.